The third-order valence-electron chi connectivity index (χ3n) is 5.63. The first-order valence-electron chi connectivity index (χ1n) is 9.25. The molecular formula is C22H22N2O3. The van der Waals surface area contributed by atoms with Crippen molar-refractivity contribution in [3.63, 3.8) is 0 Å². The quantitative estimate of drug-likeness (QED) is 0.887. The van der Waals surface area contributed by atoms with Crippen LogP contribution in [-0.4, -0.2) is 41.7 Å². The molecule has 5 heteroatoms. The molecule has 2 aromatic carbocycles. The number of ether oxygens (including phenoxy) is 1. The van der Waals surface area contributed by atoms with E-state index in [2.05, 4.69) is 6.07 Å². The number of nitriles is 1. The Labute approximate surface area is 158 Å². The van der Waals surface area contributed by atoms with Gasteiger partial charge in [0.2, 0.25) is 5.91 Å². The molecule has 2 aliphatic rings. The lowest BCUT2D eigenvalue weighted by Gasteiger charge is -2.52. The van der Waals surface area contributed by atoms with Crippen LogP contribution >= 0.6 is 0 Å². The summed E-state index contributed by atoms with van der Waals surface area (Å²) in [6.45, 7) is -0.141. The summed E-state index contributed by atoms with van der Waals surface area (Å²) in [5.74, 6) is 0.636. The average molecular weight is 362 g/mol. The van der Waals surface area contributed by atoms with Crippen LogP contribution in [0.25, 0.3) is 11.1 Å². The predicted molar refractivity (Wildman–Crippen MR) is 101 cm³/mol. The van der Waals surface area contributed by atoms with Gasteiger partial charge in [0.05, 0.1) is 25.8 Å². The van der Waals surface area contributed by atoms with Crippen molar-refractivity contribution in [2.75, 3.05) is 13.7 Å². The fourth-order valence-corrected chi connectivity index (χ4v) is 4.05. The van der Waals surface area contributed by atoms with Gasteiger partial charge in [0.15, 0.2) is 0 Å². The van der Waals surface area contributed by atoms with Crippen LogP contribution < -0.4 is 4.74 Å². The topological polar surface area (TPSA) is 73.6 Å². The largest absolute Gasteiger partial charge is 0.497 e. The SMILES string of the molecule is COc1ccc(-c2ccccc2[C@H]2[C@@H](C#N)N(C(=O)C3CC3)[C@H]2CO)cc1. The molecule has 2 fully saturated rings. The average Bonchev–Trinajstić information content (AvgIpc) is 3.54. The van der Waals surface area contributed by atoms with Gasteiger partial charge < -0.3 is 14.7 Å². The normalized spacial score (nSPS) is 24.0. The zero-order chi connectivity index (χ0) is 19.0. The number of aliphatic hydroxyl groups is 1. The Bertz CT molecular complexity index is 883. The highest BCUT2D eigenvalue weighted by atomic mass is 16.5. The number of amides is 1. The van der Waals surface area contributed by atoms with E-state index >= 15 is 0 Å². The van der Waals surface area contributed by atoms with E-state index in [4.69, 9.17) is 4.74 Å². The van der Waals surface area contributed by atoms with Crippen molar-refractivity contribution in [2.45, 2.75) is 30.8 Å². The minimum Gasteiger partial charge on any atom is -0.497 e. The molecule has 4 rings (SSSR count). The van der Waals surface area contributed by atoms with E-state index in [1.54, 1.807) is 12.0 Å². The molecular weight excluding hydrogens is 340 g/mol. The van der Waals surface area contributed by atoms with Gasteiger partial charge in [-0.25, -0.2) is 0 Å². The molecule has 1 N–H and O–H groups in total. The van der Waals surface area contributed by atoms with Gasteiger partial charge in [-0.1, -0.05) is 36.4 Å². The molecule has 1 aliphatic heterocycles. The maximum Gasteiger partial charge on any atom is 0.227 e. The van der Waals surface area contributed by atoms with E-state index in [0.29, 0.717) is 0 Å². The standard InChI is InChI=1S/C22H22N2O3/c1-27-16-10-8-14(9-11-16)17-4-2-3-5-18(17)21-19(12-23)24(20(21)13-25)22(26)15-6-7-15/h2-5,8-11,15,19-21,25H,6-7,13H2,1H3/t19-,20+,21+/m1/s1. The highest BCUT2D eigenvalue weighted by Gasteiger charge is 2.54. The summed E-state index contributed by atoms with van der Waals surface area (Å²) in [5.41, 5.74) is 3.03. The van der Waals surface area contributed by atoms with Crippen LogP contribution in [0.4, 0.5) is 0 Å². The first-order chi connectivity index (χ1) is 13.2. The molecule has 0 aromatic heterocycles. The van der Waals surface area contributed by atoms with Gasteiger partial charge in [-0.3, -0.25) is 4.79 Å². The Balaban J connectivity index is 1.70. The van der Waals surface area contributed by atoms with Crippen molar-refractivity contribution >= 4 is 5.91 Å². The lowest BCUT2D eigenvalue weighted by Crippen LogP contribution is -2.65. The van der Waals surface area contributed by atoms with Crippen LogP contribution in [0, 0.1) is 17.2 Å². The van der Waals surface area contributed by atoms with Crippen molar-refractivity contribution < 1.29 is 14.6 Å². The predicted octanol–water partition coefficient (Wildman–Crippen LogP) is 2.95. The number of carbonyl (C=O) groups is 1. The number of likely N-dealkylation sites (tertiary alicyclic amines) is 1. The Morgan fingerprint density at radius 2 is 1.93 bits per heavy atom. The van der Waals surface area contributed by atoms with Gasteiger partial charge in [0, 0.05) is 11.8 Å². The summed E-state index contributed by atoms with van der Waals surface area (Å²) in [6, 6.07) is 17.1. The summed E-state index contributed by atoms with van der Waals surface area (Å²) in [5, 5.41) is 19.7. The van der Waals surface area contributed by atoms with E-state index in [1.807, 2.05) is 48.5 Å². The van der Waals surface area contributed by atoms with Crippen LogP contribution in [0.15, 0.2) is 48.5 Å². The van der Waals surface area contributed by atoms with Gasteiger partial charge in [-0.2, -0.15) is 5.26 Å². The number of aliphatic hydroxyl groups excluding tert-OH is 1. The fourth-order valence-electron chi connectivity index (χ4n) is 4.05. The third-order valence-corrected chi connectivity index (χ3v) is 5.63. The molecule has 5 nitrogen and oxygen atoms in total. The summed E-state index contributed by atoms with van der Waals surface area (Å²) < 4.78 is 5.23. The zero-order valence-electron chi connectivity index (χ0n) is 15.2. The number of methoxy groups -OCH3 is 1. The van der Waals surface area contributed by atoms with Crippen LogP contribution in [0.3, 0.4) is 0 Å². The summed E-state index contributed by atoms with van der Waals surface area (Å²) in [7, 11) is 1.63. The van der Waals surface area contributed by atoms with E-state index < -0.39 is 6.04 Å². The second-order valence-electron chi connectivity index (χ2n) is 7.19. The van der Waals surface area contributed by atoms with Gasteiger partial charge in [0.25, 0.3) is 0 Å². The molecule has 2 aromatic rings. The van der Waals surface area contributed by atoms with Crippen molar-refractivity contribution in [1.29, 1.82) is 5.26 Å². The van der Waals surface area contributed by atoms with Gasteiger partial charge in [0.1, 0.15) is 11.8 Å². The monoisotopic (exact) mass is 362 g/mol. The van der Waals surface area contributed by atoms with Crippen LogP contribution in [0.5, 0.6) is 5.75 Å². The molecule has 1 aliphatic carbocycles. The van der Waals surface area contributed by atoms with Crippen LogP contribution in [-0.2, 0) is 4.79 Å². The Morgan fingerprint density at radius 1 is 1.22 bits per heavy atom. The fraction of sp³-hybridized carbons (Fsp3) is 0.364. The molecule has 3 atom stereocenters. The molecule has 1 heterocycles. The number of nitrogens with zero attached hydrogens (tertiary/aromatic N) is 2. The van der Waals surface area contributed by atoms with Gasteiger partial charge in [-0.05, 0) is 41.7 Å². The lowest BCUT2D eigenvalue weighted by atomic mass is 9.73. The second-order valence-corrected chi connectivity index (χ2v) is 7.19. The smallest absolute Gasteiger partial charge is 0.227 e. The van der Waals surface area contributed by atoms with Gasteiger partial charge >= 0.3 is 0 Å². The molecule has 0 unspecified atom stereocenters. The van der Waals surface area contributed by atoms with Crippen molar-refractivity contribution in [1.82, 2.24) is 4.90 Å². The van der Waals surface area contributed by atoms with Crippen LogP contribution in [0.2, 0.25) is 0 Å². The maximum absolute atomic E-state index is 12.6. The molecule has 0 spiro atoms. The first kappa shape index (κ1) is 17.6. The number of hydrogen-bond donors (Lipinski definition) is 1. The number of carbonyl (C=O) groups excluding carboxylic acids is 1. The minimum atomic E-state index is -0.533. The van der Waals surface area contributed by atoms with E-state index in [9.17, 15) is 15.2 Å². The van der Waals surface area contributed by atoms with Gasteiger partial charge in [-0.15, -0.1) is 0 Å². The van der Waals surface area contributed by atoms with E-state index in [1.165, 1.54) is 0 Å². The summed E-state index contributed by atoms with van der Waals surface area (Å²) in [4.78, 5) is 14.2. The molecule has 138 valence electrons. The summed E-state index contributed by atoms with van der Waals surface area (Å²) >= 11 is 0. The Kier molecular flexibility index (Phi) is 4.59. The Hall–Kier alpha value is -2.84. The highest BCUT2D eigenvalue weighted by Crippen LogP contribution is 2.46. The third kappa shape index (κ3) is 2.96. The first-order valence-corrected chi connectivity index (χ1v) is 9.25. The highest BCUT2D eigenvalue weighted by molar-refractivity contribution is 5.84. The second kappa shape index (κ2) is 7.05. The molecule has 1 saturated heterocycles. The molecule has 1 saturated carbocycles. The maximum atomic E-state index is 12.6. The molecule has 0 radical (unpaired) electrons. The number of benzene rings is 2. The van der Waals surface area contributed by atoms with E-state index in [0.717, 1.165) is 35.3 Å². The van der Waals surface area contributed by atoms with E-state index in [-0.39, 0.29) is 30.4 Å². The van der Waals surface area contributed by atoms with Crippen molar-refractivity contribution in [3.05, 3.63) is 54.1 Å². The molecule has 0 bridgehead atoms. The van der Waals surface area contributed by atoms with Crippen molar-refractivity contribution in [2.24, 2.45) is 5.92 Å². The zero-order valence-corrected chi connectivity index (χ0v) is 15.2. The van der Waals surface area contributed by atoms with Crippen LogP contribution in [0.1, 0.15) is 24.3 Å². The van der Waals surface area contributed by atoms with Crippen molar-refractivity contribution in [3.8, 4) is 22.9 Å². The molecule has 27 heavy (non-hydrogen) atoms. The minimum absolute atomic E-state index is 0.0128. The number of rotatable bonds is 5. The lowest BCUT2D eigenvalue weighted by molar-refractivity contribution is -0.148. The summed E-state index contributed by atoms with van der Waals surface area (Å²) in [6.07, 6.45) is 1.78. The molecule has 1 amide bonds. The Morgan fingerprint density at radius 3 is 2.52 bits per heavy atom. The number of hydrogen-bond acceptors (Lipinski definition) is 4.